The van der Waals surface area contributed by atoms with E-state index in [0.29, 0.717) is 11.6 Å². The maximum Gasteiger partial charge on any atom is 0.230 e. The summed E-state index contributed by atoms with van der Waals surface area (Å²) in [6.07, 6.45) is 0.476. The van der Waals surface area contributed by atoms with Gasteiger partial charge < -0.3 is 5.32 Å². The number of carbonyl (C=O) groups is 1. The van der Waals surface area contributed by atoms with Gasteiger partial charge in [0, 0.05) is 11.4 Å². The molecule has 9 heteroatoms. The molecule has 1 saturated heterocycles. The highest BCUT2D eigenvalue weighted by Crippen LogP contribution is 2.28. The zero-order valence-electron chi connectivity index (χ0n) is 15.4. The van der Waals surface area contributed by atoms with Crippen LogP contribution in [0.15, 0.2) is 53.7 Å². The lowest BCUT2D eigenvalue weighted by molar-refractivity contribution is -0.119. The summed E-state index contributed by atoms with van der Waals surface area (Å²) in [5, 5.41) is 4.46. The number of para-hydroxylation sites is 3. The molecule has 0 aliphatic carbocycles. The molecule has 5 rings (SSSR count). The minimum atomic E-state index is -3.02. The van der Waals surface area contributed by atoms with Gasteiger partial charge in [-0.15, -0.1) is 0 Å². The summed E-state index contributed by atoms with van der Waals surface area (Å²) in [6, 6.07) is 15.3. The van der Waals surface area contributed by atoms with Gasteiger partial charge in [-0.3, -0.25) is 9.20 Å². The summed E-state index contributed by atoms with van der Waals surface area (Å²) in [6.45, 7) is 0. The number of fused-ring (bicyclic) bond motifs is 5. The second kappa shape index (κ2) is 7.00. The number of nitrogens with one attached hydrogen (secondary N) is 1. The average Bonchev–Trinajstić information content (AvgIpc) is 3.26. The number of hydrogen-bond donors (Lipinski definition) is 1. The Balaban J connectivity index is 1.48. The van der Waals surface area contributed by atoms with Gasteiger partial charge in [-0.2, -0.15) is 0 Å². The molecular weight excluding hydrogens is 408 g/mol. The van der Waals surface area contributed by atoms with Crippen molar-refractivity contribution in [1.82, 2.24) is 19.7 Å². The molecule has 7 nitrogen and oxygen atoms in total. The molecule has 4 aromatic rings. The Bertz CT molecular complexity index is 1360. The Morgan fingerprint density at radius 2 is 1.86 bits per heavy atom. The number of carbonyl (C=O) groups excluding carboxylic acids is 1. The highest BCUT2D eigenvalue weighted by Gasteiger charge is 2.29. The second-order valence-corrected chi connectivity index (χ2v) is 10.3. The van der Waals surface area contributed by atoms with E-state index in [2.05, 4.69) is 5.32 Å². The van der Waals surface area contributed by atoms with Crippen LogP contribution in [0.2, 0.25) is 0 Å². The number of thioether (sulfide) groups is 1. The lowest BCUT2D eigenvalue weighted by Crippen LogP contribution is -2.36. The smallest absolute Gasteiger partial charge is 0.230 e. The van der Waals surface area contributed by atoms with Gasteiger partial charge in [-0.25, -0.2) is 18.4 Å². The van der Waals surface area contributed by atoms with Crippen molar-refractivity contribution >= 4 is 55.1 Å². The number of imidazole rings is 1. The highest BCUT2D eigenvalue weighted by molar-refractivity contribution is 7.99. The minimum Gasteiger partial charge on any atom is -0.352 e. The van der Waals surface area contributed by atoms with E-state index in [0.717, 1.165) is 27.6 Å². The fraction of sp³-hybridized carbons (Fsp3) is 0.250. The van der Waals surface area contributed by atoms with Crippen molar-refractivity contribution in [3.05, 3.63) is 48.5 Å². The molecule has 29 heavy (non-hydrogen) atoms. The molecule has 1 aliphatic heterocycles. The summed E-state index contributed by atoms with van der Waals surface area (Å²) in [5.41, 5.74) is 3.43. The van der Waals surface area contributed by atoms with Crippen LogP contribution in [-0.4, -0.2) is 52.0 Å². The zero-order chi connectivity index (χ0) is 20.0. The normalized spacial score (nSPS) is 18.6. The van der Waals surface area contributed by atoms with E-state index < -0.39 is 9.84 Å². The SMILES string of the molecule is O=C(CSc1nc2ccccc2c2nc3ccccc3n12)NC1CCS(=O)(=O)C1. The van der Waals surface area contributed by atoms with E-state index in [1.807, 2.05) is 52.9 Å². The van der Waals surface area contributed by atoms with Crippen molar-refractivity contribution < 1.29 is 13.2 Å². The fourth-order valence-electron chi connectivity index (χ4n) is 3.72. The Labute approximate surface area is 171 Å². The molecular formula is C20H18N4O3S2. The van der Waals surface area contributed by atoms with E-state index in [1.165, 1.54) is 11.8 Å². The molecule has 1 N–H and O–H groups in total. The van der Waals surface area contributed by atoms with Crippen molar-refractivity contribution in [2.75, 3.05) is 17.3 Å². The monoisotopic (exact) mass is 426 g/mol. The van der Waals surface area contributed by atoms with Crippen molar-refractivity contribution in [3.8, 4) is 0 Å². The molecule has 0 radical (unpaired) electrons. The zero-order valence-corrected chi connectivity index (χ0v) is 17.0. The second-order valence-electron chi connectivity index (χ2n) is 7.13. The number of hydrogen-bond acceptors (Lipinski definition) is 6. The number of rotatable bonds is 4. The quantitative estimate of drug-likeness (QED) is 0.398. The molecule has 1 aliphatic rings. The Morgan fingerprint density at radius 3 is 2.66 bits per heavy atom. The van der Waals surface area contributed by atoms with Crippen LogP contribution >= 0.6 is 11.8 Å². The maximum absolute atomic E-state index is 12.4. The van der Waals surface area contributed by atoms with Crippen molar-refractivity contribution in [3.63, 3.8) is 0 Å². The predicted molar refractivity (Wildman–Crippen MR) is 114 cm³/mol. The molecule has 0 bridgehead atoms. The first-order valence-corrected chi connectivity index (χ1v) is 12.1. The molecule has 2 aromatic carbocycles. The highest BCUT2D eigenvalue weighted by atomic mass is 32.2. The summed E-state index contributed by atoms with van der Waals surface area (Å²) >= 11 is 1.33. The first-order chi connectivity index (χ1) is 14.0. The Morgan fingerprint density at radius 1 is 1.10 bits per heavy atom. The van der Waals surface area contributed by atoms with Gasteiger partial charge in [-0.1, -0.05) is 36.0 Å². The topological polar surface area (TPSA) is 93.4 Å². The molecule has 0 saturated carbocycles. The number of amides is 1. The third kappa shape index (κ3) is 3.44. The third-order valence-electron chi connectivity index (χ3n) is 5.04. The van der Waals surface area contributed by atoms with Crippen LogP contribution < -0.4 is 5.32 Å². The first-order valence-electron chi connectivity index (χ1n) is 9.29. The molecule has 148 valence electrons. The van der Waals surface area contributed by atoms with Gasteiger partial charge in [0.15, 0.2) is 15.0 Å². The average molecular weight is 427 g/mol. The van der Waals surface area contributed by atoms with Gasteiger partial charge in [0.05, 0.1) is 33.8 Å². The van der Waals surface area contributed by atoms with Gasteiger partial charge >= 0.3 is 0 Å². The first kappa shape index (κ1) is 18.4. The number of sulfone groups is 1. The molecule has 2 aromatic heterocycles. The van der Waals surface area contributed by atoms with E-state index in [9.17, 15) is 13.2 Å². The van der Waals surface area contributed by atoms with Gasteiger partial charge in [0.2, 0.25) is 5.91 Å². The largest absolute Gasteiger partial charge is 0.352 e. The van der Waals surface area contributed by atoms with Crippen LogP contribution in [-0.2, 0) is 14.6 Å². The summed E-state index contributed by atoms with van der Waals surface area (Å²) in [5.74, 6) is 0.126. The fourth-order valence-corrected chi connectivity index (χ4v) is 6.21. The third-order valence-corrected chi connectivity index (χ3v) is 7.75. The summed E-state index contributed by atoms with van der Waals surface area (Å²) < 4.78 is 25.2. The molecule has 1 atom stereocenters. The van der Waals surface area contributed by atoms with E-state index in [1.54, 1.807) is 0 Å². The Kier molecular flexibility index (Phi) is 4.44. The van der Waals surface area contributed by atoms with Crippen LogP contribution in [0.3, 0.4) is 0 Å². The van der Waals surface area contributed by atoms with Gasteiger partial charge in [0.25, 0.3) is 0 Å². The summed E-state index contributed by atoms with van der Waals surface area (Å²) in [4.78, 5) is 21.9. The van der Waals surface area contributed by atoms with Crippen molar-refractivity contribution in [2.45, 2.75) is 17.6 Å². The van der Waals surface area contributed by atoms with Crippen LogP contribution in [0.4, 0.5) is 0 Å². The van der Waals surface area contributed by atoms with Crippen molar-refractivity contribution in [1.29, 1.82) is 0 Å². The van der Waals surface area contributed by atoms with Crippen LogP contribution in [0.5, 0.6) is 0 Å². The summed E-state index contributed by atoms with van der Waals surface area (Å²) in [7, 11) is -3.02. The van der Waals surface area contributed by atoms with E-state index in [4.69, 9.17) is 9.97 Å². The maximum atomic E-state index is 12.4. The molecule has 1 fully saturated rings. The van der Waals surface area contributed by atoms with Gasteiger partial charge in [-0.05, 0) is 30.7 Å². The standard InChI is InChI=1S/C20H18N4O3S2/c25-18(21-13-9-10-29(26,27)12-13)11-28-20-23-15-6-2-1-5-14(15)19-22-16-7-3-4-8-17(16)24(19)20/h1-8,13H,9-12H2,(H,21,25). The molecule has 1 unspecified atom stereocenters. The van der Waals surface area contributed by atoms with Crippen LogP contribution in [0, 0.1) is 0 Å². The molecule has 0 spiro atoms. The van der Waals surface area contributed by atoms with Crippen LogP contribution in [0.25, 0.3) is 27.6 Å². The number of aromatic nitrogens is 3. The lowest BCUT2D eigenvalue weighted by Gasteiger charge is -2.11. The van der Waals surface area contributed by atoms with E-state index in [-0.39, 0.29) is 29.2 Å². The number of benzene rings is 2. The predicted octanol–water partition coefficient (Wildman–Crippen LogP) is 2.43. The van der Waals surface area contributed by atoms with Gasteiger partial charge in [0.1, 0.15) is 5.65 Å². The lowest BCUT2D eigenvalue weighted by atomic mass is 10.2. The Hall–Kier alpha value is -2.65. The van der Waals surface area contributed by atoms with E-state index >= 15 is 0 Å². The molecule has 1 amide bonds. The van der Waals surface area contributed by atoms with Crippen molar-refractivity contribution in [2.24, 2.45) is 0 Å². The minimum absolute atomic E-state index is 0.0219. The number of nitrogens with zero attached hydrogens (tertiary/aromatic N) is 3. The van der Waals surface area contributed by atoms with Crippen LogP contribution in [0.1, 0.15) is 6.42 Å². The molecule has 3 heterocycles.